The third kappa shape index (κ3) is 4.17. The number of hydrogen-bond donors (Lipinski definition) is 1. The summed E-state index contributed by atoms with van der Waals surface area (Å²) in [5, 5.41) is 0. The number of anilines is 1. The molecule has 1 N–H and O–H groups in total. The van der Waals surface area contributed by atoms with Crippen LogP contribution >= 0.6 is 0 Å². The lowest BCUT2D eigenvalue weighted by atomic mass is 10.1. The van der Waals surface area contributed by atoms with Crippen LogP contribution in [0.2, 0.25) is 0 Å². The molecule has 0 aliphatic carbocycles. The zero-order chi connectivity index (χ0) is 18.6. The van der Waals surface area contributed by atoms with E-state index in [2.05, 4.69) is 4.72 Å². The minimum Gasteiger partial charge on any atom is -0.274 e. The van der Waals surface area contributed by atoms with E-state index in [1.807, 2.05) is 30.3 Å². The summed E-state index contributed by atoms with van der Waals surface area (Å²) in [4.78, 5) is 25.1. The molecule has 1 aliphatic rings. The van der Waals surface area contributed by atoms with Crippen LogP contribution in [-0.4, -0.2) is 26.8 Å². The molecular weight excluding hydrogens is 352 g/mol. The van der Waals surface area contributed by atoms with Crippen LogP contribution in [0.4, 0.5) is 5.69 Å². The highest BCUT2D eigenvalue weighted by atomic mass is 32.2. The van der Waals surface area contributed by atoms with E-state index in [4.69, 9.17) is 0 Å². The molecule has 1 fully saturated rings. The summed E-state index contributed by atoms with van der Waals surface area (Å²) in [5.41, 5.74) is 1.45. The first-order valence-corrected chi connectivity index (χ1v) is 9.95. The minimum atomic E-state index is -3.64. The second kappa shape index (κ2) is 7.80. The summed E-state index contributed by atoms with van der Waals surface area (Å²) in [5.74, 6) is -0.504. The maximum Gasteiger partial charge on any atom is 0.240 e. The summed E-state index contributed by atoms with van der Waals surface area (Å²) < 4.78 is 27.3. The van der Waals surface area contributed by atoms with Crippen LogP contribution in [0, 0.1) is 0 Å². The second-order valence-electron chi connectivity index (χ2n) is 6.10. The Morgan fingerprint density at radius 3 is 2.12 bits per heavy atom. The third-order valence-corrected chi connectivity index (χ3v) is 5.71. The molecule has 1 heterocycles. The summed E-state index contributed by atoms with van der Waals surface area (Å²) in [6.07, 6.45) is 1.81. The SMILES string of the molecule is O=C1CCCC(=O)N1c1ccc(S(=O)(=O)NCCc2ccccc2)cc1. The number of piperidine rings is 1. The highest BCUT2D eigenvalue weighted by Gasteiger charge is 2.27. The Morgan fingerprint density at radius 2 is 1.50 bits per heavy atom. The lowest BCUT2D eigenvalue weighted by Crippen LogP contribution is -2.40. The van der Waals surface area contributed by atoms with Crippen molar-refractivity contribution in [2.24, 2.45) is 0 Å². The number of nitrogens with one attached hydrogen (secondary N) is 1. The van der Waals surface area contributed by atoms with Gasteiger partial charge in [0, 0.05) is 19.4 Å². The molecule has 0 bridgehead atoms. The molecule has 0 aromatic heterocycles. The molecule has 1 aliphatic heterocycles. The van der Waals surface area contributed by atoms with Crippen LogP contribution in [-0.2, 0) is 26.0 Å². The first kappa shape index (κ1) is 18.3. The van der Waals surface area contributed by atoms with Crippen LogP contribution in [0.5, 0.6) is 0 Å². The van der Waals surface area contributed by atoms with Gasteiger partial charge in [0.1, 0.15) is 0 Å². The van der Waals surface area contributed by atoms with Crippen molar-refractivity contribution in [3.05, 3.63) is 60.2 Å². The monoisotopic (exact) mass is 372 g/mol. The number of carbonyl (C=O) groups excluding carboxylic acids is 2. The first-order valence-electron chi connectivity index (χ1n) is 8.47. The fourth-order valence-electron chi connectivity index (χ4n) is 2.87. The number of imide groups is 1. The fraction of sp³-hybridized carbons (Fsp3) is 0.263. The molecule has 1 saturated heterocycles. The molecule has 2 aromatic carbocycles. The summed E-state index contributed by atoms with van der Waals surface area (Å²) >= 11 is 0. The topological polar surface area (TPSA) is 83.6 Å². The van der Waals surface area contributed by atoms with Crippen molar-refractivity contribution in [2.45, 2.75) is 30.6 Å². The molecule has 7 heteroatoms. The average molecular weight is 372 g/mol. The molecule has 6 nitrogen and oxygen atoms in total. The Balaban J connectivity index is 1.67. The zero-order valence-corrected chi connectivity index (χ0v) is 15.0. The molecule has 26 heavy (non-hydrogen) atoms. The predicted molar refractivity (Wildman–Crippen MR) is 98.1 cm³/mol. The minimum absolute atomic E-state index is 0.103. The van der Waals surface area contributed by atoms with E-state index in [0.29, 0.717) is 31.4 Å². The molecule has 0 unspecified atom stereocenters. The second-order valence-corrected chi connectivity index (χ2v) is 7.87. The summed E-state index contributed by atoms with van der Waals surface area (Å²) in [6.45, 7) is 0.289. The van der Waals surface area contributed by atoms with Crippen molar-refractivity contribution in [3.63, 3.8) is 0 Å². The van der Waals surface area contributed by atoms with Gasteiger partial charge in [0.2, 0.25) is 21.8 Å². The van der Waals surface area contributed by atoms with Crippen LogP contribution in [0.25, 0.3) is 0 Å². The van der Waals surface area contributed by atoms with Gasteiger partial charge in [-0.2, -0.15) is 0 Å². The van der Waals surface area contributed by atoms with Gasteiger partial charge in [-0.1, -0.05) is 30.3 Å². The van der Waals surface area contributed by atoms with Gasteiger partial charge in [0.05, 0.1) is 10.6 Å². The number of sulfonamides is 1. The molecule has 0 radical (unpaired) electrons. The maximum absolute atomic E-state index is 12.4. The number of nitrogens with zero attached hydrogens (tertiary/aromatic N) is 1. The van der Waals surface area contributed by atoms with Gasteiger partial charge in [-0.15, -0.1) is 0 Å². The van der Waals surface area contributed by atoms with Gasteiger partial charge in [-0.05, 0) is 42.7 Å². The van der Waals surface area contributed by atoms with E-state index in [-0.39, 0.29) is 23.3 Å². The Kier molecular flexibility index (Phi) is 5.49. The van der Waals surface area contributed by atoms with E-state index in [9.17, 15) is 18.0 Å². The van der Waals surface area contributed by atoms with Crippen LogP contribution < -0.4 is 9.62 Å². The molecule has 2 aromatic rings. The van der Waals surface area contributed by atoms with Crippen molar-refractivity contribution in [1.29, 1.82) is 0 Å². The Bertz CT molecular complexity index is 877. The summed E-state index contributed by atoms with van der Waals surface area (Å²) in [7, 11) is -3.64. The zero-order valence-electron chi connectivity index (χ0n) is 14.2. The highest BCUT2D eigenvalue weighted by molar-refractivity contribution is 7.89. The van der Waals surface area contributed by atoms with Crippen molar-refractivity contribution in [3.8, 4) is 0 Å². The van der Waals surface area contributed by atoms with Crippen molar-refractivity contribution in [2.75, 3.05) is 11.4 Å². The van der Waals surface area contributed by atoms with Crippen molar-refractivity contribution < 1.29 is 18.0 Å². The van der Waals surface area contributed by atoms with Crippen LogP contribution in [0.3, 0.4) is 0 Å². The molecule has 136 valence electrons. The third-order valence-electron chi connectivity index (χ3n) is 4.23. The van der Waals surface area contributed by atoms with Gasteiger partial charge in [0.25, 0.3) is 0 Å². The number of amides is 2. The summed E-state index contributed by atoms with van der Waals surface area (Å²) in [6, 6.07) is 15.4. The van der Waals surface area contributed by atoms with Gasteiger partial charge >= 0.3 is 0 Å². The quantitative estimate of drug-likeness (QED) is 0.789. The molecule has 0 atom stereocenters. The molecule has 0 spiro atoms. The van der Waals surface area contributed by atoms with Crippen LogP contribution in [0.15, 0.2) is 59.5 Å². The predicted octanol–water partition coefficient (Wildman–Crippen LogP) is 2.25. The average Bonchev–Trinajstić information content (AvgIpc) is 2.63. The largest absolute Gasteiger partial charge is 0.274 e. The van der Waals surface area contributed by atoms with E-state index in [1.165, 1.54) is 24.3 Å². The van der Waals surface area contributed by atoms with Gasteiger partial charge in [-0.25, -0.2) is 13.1 Å². The molecular formula is C19H20N2O4S. The standard InChI is InChI=1S/C19H20N2O4S/c22-18-7-4-8-19(23)21(18)16-9-11-17(12-10-16)26(24,25)20-14-13-15-5-2-1-3-6-15/h1-3,5-6,9-12,20H,4,7-8,13-14H2. The number of hydrogen-bond acceptors (Lipinski definition) is 4. The highest BCUT2D eigenvalue weighted by Crippen LogP contribution is 2.23. The normalized spacial score (nSPS) is 15.3. The van der Waals surface area contributed by atoms with Crippen molar-refractivity contribution in [1.82, 2.24) is 4.72 Å². The molecule has 2 amide bonds. The van der Waals surface area contributed by atoms with E-state index < -0.39 is 10.0 Å². The van der Waals surface area contributed by atoms with Gasteiger partial charge in [0.15, 0.2) is 0 Å². The number of carbonyl (C=O) groups is 2. The fourth-order valence-corrected chi connectivity index (χ4v) is 3.91. The number of rotatable bonds is 6. The maximum atomic E-state index is 12.4. The van der Waals surface area contributed by atoms with Gasteiger partial charge < -0.3 is 0 Å². The van der Waals surface area contributed by atoms with E-state index in [1.54, 1.807) is 0 Å². The molecule has 0 saturated carbocycles. The Hall–Kier alpha value is -2.51. The van der Waals surface area contributed by atoms with E-state index >= 15 is 0 Å². The Labute approximate surface area is 152 Å². The lowest BCUT2D eigenvalue weighted by molar-refractivity contribution is -0.129. The smallest absolute Gasteiger partial charge is 0.240 e. The number of benzene rings is 2. The van der Waals surface area contributed by atoms with Gasteiger partial charge in [-0.3, -0.25) is 14.5 Å². The van der Waals surface area contributed by atoms with Crippen molar-refractivity contribution >= 4 is 27.5 Å². The van der Waals surface area contributed by atoms with E-state index in [0.717, 1.165) is 10.5 Å². The Morgan fingerprint density at radius 1 is 0.885 bits per heavy atom. The van der Waals surface area contributed by atoms with Crippen LogP contribution in [0.1, 0.15) is 24.8 Å². The lowest BCUT2D eigenvalue weighted by Gasteiger charge is -2.24. The molecule has 3 rings (SSSR count). The first-order chi connectivity index (χ1) is 12.5.